The first kappa shape index (κ1) is 16.6. The largest absolute Gasteiger partial charge is 0.507 e. The Bertz CT molecular complexity index is 745. The molecule has 0 saturated heterocycles. The first-order valence-corrected chi connectivity index (χ1v) is 7.40. The van der Waals surface area contributed by atoms with Gasteiger partial charge in [-0.3, -0.25) is 4.79 Å². The van der Waals surface area contributed by atoms with E-state index in [0.29, 0.717) is 12.2 Å². The molecule has 0 aromatic heterocycles. The molecular weight excluding hydrogens is 288 g/mol. The fourth-order valence-corrected chi connectivity index (χ4v) is 2.42. The molecule has 0 spiro atoms. The van der Waals surface area contributed by atoms with Crippen LogP contribution in [-0.4, -0.2) is 11.1 Å². The summed E-state index contributed by atoms with van der Waals surface area (Å²) in [4.78, 5) is 11.2. The molecule has 0 heterocycles. The van der Waals surface area contributed by atoms with E-state index in [9.17, 15) is 9.90 Å². The number of rotatable bonds is 6. The number of carbonyl (C=O) groups excluding carboxylic acids is 1. The lowest BCUT2D eigenvalue weighted by molar-refractivity contribution is -0.131. The van der Waals surface area contributed by atoms with E-state index < -0.39 is 0 Å². The van der Waals surface area contributed by atoms with Gasteiger partial charge in [-0.2, -0.15) is 0 Å². The molecule has 2 rings (SSSR count). The standard InChI is InChI=1S/C20H20O3/c1-4-6-15-8-10-19(22)18(12-15)16-9-11-20(23-14(3)21)17(13-16)7-5-2/h4-5,8-13,22H,1-2,6-7H2,3H3. The second-order valence-electron chi connectivity index (χ2n) is 5.25. The highest BCUT2D eigenvalue weighted by atomic mass is 16.5. The number of ether oxygens (including phenoxy) is 1. The lowest BCUT2D eigenvalue weighted by atomic mass is 9.97. The Hall–Kier alpha value is -2.81. The molecule has 0 amide bonds. The van der Waals surface area contributed by atoms with Crippen molar-refractivity contribution in [2.45, 2.75) is 19.8 Å². The topological polar surface area (TPSA) is 46.5 Å². The van der Waals surface area contributed by atoms with Gasteiger partial charge in [-0.25, -0.2) is 0 Å². The molecule has 0 saturated carbocycles. The monoisotopic (exact) mass is 308 g/mol. The van der Waals surface area contributed by atoms with Crippen molar-refractivity contribution in [3.8, 4) is 22.6 Å². The van der Waals surface area contributed by atoms with Crippen LogP contribution in [0.15, 0.2) is 61.7 Å². The smallest absolute Gasteiger partial charge is 0.308 e. The Morgan fingerprint density at radius 3 is 2.52 bits per heavy atom. The number of hydrogen-bond acceptors (Lipinski definition) is 3. The highest BCUT2D eigenvalue weighted by molar-refractivity contribution is 5.74. The molecule has 0 atom stereocenters. The number of allylic oxidation sites excluding steroid dienone is 2. The maximum Gasteiger partial charge on any atom is 0.308 e. The molecule has 2 aromatic carbocycles. The van der Waals surface area contributed by atoms with Crippen LogP contribution in [0.3, 0.4) is 0 Å². The lowest BCUT2D eigenvalue weighted by Gasteiger charge is -2.12. The maximum absolute atomic E-state index is 11.2. The van der Waals surface area contributed by atoms with Crippen molar-refractivity contribution in [3.63, 3.8) is 0 Å². The molecular formula is C20H20O3. The van der Waals surface area contributed by atoms with Gasteiger partial charge < -0.3 is 9.84 Å². The third kappa shape index (κ3) is 4.10. The molecule has 0 bridgehead atoms. The second-order valence-corrected chi connectivity index (χ2v) is 5.25. The van der Waals surface area contributed by atoms with Crippen LogP contribution >= 0.6 is 0 Å². The molecule has 1 N–H and O–H groups in total. The van der Waals surface area contributed by atoms with Gasteiger partial charge in [0.25, 0.3) is 0 Å². The van der Waals surface area contributed by atoms with Crippen molar-refractivity contribution in [2.24, 2.45) is 0 Å². The summed E-state index contributed by atoms with van der Waals surface area (Å²) in [6.45, 7) is 8.84. The van der Waals surface area contributed by atoms with Crippen molar-refractivity contribution in [2.75, 3.05) is 0 Å². The van der Waals surface area contributed by atoms with Crippen LogP contribution in [0.5, 0.6) is 11.5 Å². The Balaban J connectivity index is 2.49. The highest BCUT2D eigenvalue weighted by Gasteiger charge is 2.11. The van der Waals surface area contributed by atoms with Crippen molar-refractivity contribution in [1.82, 2.24) is 0 Å². The van der Waals surface area contributed by atoms with E-state index in [1.165, 1.54) is 6.92 Å². The normalized spacial score (nSPS) is 10.1. The molecule has 0 unspecified atom stereocenters. The van der Waals surface area contributed by atoms with Crippen LogP contribution in [0.4, 0.5) is 0 Å². The summed E-state index contributed by atoms with van der Waals surface area (Å²) in [7, 11) is 0. The van der Waals surface area contributed by atoms with Gasteiger partial charge in [0.2, 0.25) is 0 Å². The maximum atomic E-state index is 11.2. The van der Waals surface area contributed by atoms with Crippen molar-refractivity contribution >= 4 is 5.97 Å². The van der Waals surface area contributed by atoms with Gasteiger partial charge in [0, 0.05) is 12.5 Å². The summed E-state index contributed by atoms with van der Waals surface area (Å²) < 4.78 is 5.22. The third-order valence-electron chi connectivity index (χ3n) is 3.43. The minimum absolute atomic E-state index is 0.211. The van der Waals surface area contributed by atoms with Crippen molar-refractivity contribution in [3.05, 3.63) is 72.8 Å². The second kappa shape index (κ2) is 7.45. The van der Waals surface area contributed by atoms with E-state index >= 15 is 0 Å². The zero-order valence-corrected chi connectivity index (χ0v) is 13.2. The van der Waals surface area contributed by atoms with E-state index in [2.05, 4.69) is 13.2 Å². The SMILES string of the molecule is C=CCc1ccc(O)c(-c2ccc(OC(C)=O)c(CC=C)c2)c1. The molecule has 0 aliphatic carbocycles. The van der Waals surface area contributed by atoms with Gasteiger partial charge in [0.05, 0.1) is 0 Å². The zero-order valence-electron chi connectivity index (χ0n) is 13.2. The van der Waals surface area contributed by atoms with Gasteiger partial charge in [-0.15, -0.1) is 13.2 Å². The number of phenolic OH excluding ortho intramolecular Hbond substituents is 1. The van der Waals surface area contributed by atoms with E-state index in [-0.39, 0.29) is 11.7 Å². The van der Waals surface area contributed by atoms with Crippen LogP contribution in [-0.2, 0) is 17.6 Å². The minimum atomic E-state index is -0.362. The van der Waals surface area contributed by atoms with Crippen LogP contribution in [0.25, 0.3) is 11.1 Å². The Labute approximate surface area is 136 Å². The van der Waals surface area contributed by atoms with Gasteiger partial charge in [0.1, 0.15) is 11.5 Å². The molecule has 23 heavy (non-hydrogen) atoms. The van der Waals surface area contributed by atoms with E-state index in [1.807, 2.05) is 30.3 Å². The average molecular weight is 308 g/mol. The zero-order chi connectivity index (χ0) is 16.8. The van der Waals surface area contributed by atoms with Crippen LogP contribution < -0.4 is 4.74 Å². The molecule has 0 aliphatic rings. The van der Waals surface area contributed by atoms with E-state index in [0.717, 1.165) is 28.7 Å². The molecule has 0 radical (unpaired) electrons. The van der Waals surface area contributed by atoms with Gasteiger partial charge in [0.15, 0.2) is 0 Å². The van der Waals surface area contributed by atoms with Crippen LogP contribution in [0.2, 0.25) is 0 Å². The predicted octanol–water partition coefficient (Wildman–Crippen LogP) is 4.44. The first-order valence-electron chi connectivity index (χ1n) is 7.40. The quantitative estimate of drug-likeness (QED) is 0.487. The summed E-state index contributed by atoms with van der Waals surface area (Å²) in [5.74, 6) is 0.365. The average Bonchev–Trinajstić information content (AvgIpc) is 2.51. The first-order chi connectivity index (χ1) is 11.0. The van der Waals surface area contributed by atoms with Crippen molar-refractivity contribution in [1.29, 1.82) is 0 Å². The number of benzene rings is 2. The Kier molecular flexibility index (Phi) is 5.36. The summed E-state index contributed by atoms with van der Waals surface area (Å²) in [5.41, 5.74) is 3.52. The summed E-state index contributed by atoms with van der Waals surface area (Å²) in [6.07, 6.45) is 4.88. The fraction of sp³-hybridized carbons (Fsp3) is 0.150. The number of hydrogen-bond donors (Lipinski definition) is 1. The van der Waals surface area contributed by atoms with Crippen LogP contribution in [0.1, 0.15) is 18.1 Å². The van der Waals surface area contributed by atoms with E-state index in [4.69, 9.17) is 4.74 Å². The Morgan fingerprint density at radius 2 is 1.87 bits per heavy atom. The molecule has 3 heteroatoms. The van der Waals surface area contributed by atoms with Crippen LogP contribution in [0, 0.1) is 0 Å². The van der Waals surface area contributed by atoms with Gasteiger partial charge >= 0.3 is 5.97 Å². The van der Waals surface area contributed by atoms with Crippen molar-refractivity contribution < 1.29 is 14.6 Å². The minimum Gasteiger partial charge on any atom is -0.507 e. The molecule has 2 aromatic rings. The molecule has 3 nitrogen and oxygen atoms in total. The summed E-state index contributed by atoms with van der Waals surface area (Å²) in [6, 6.07) is 11.0. The third-order valence-corrected chi connectivity index (χ3v) is 3.43. The number of esters is 1. The molecule has 118 valence electrons. The predicted molar refractivity (Wildman–Crippen MR) is 92.7 cm³/mol. The number of carbonyl (C=O) groups is 1. The molecule has 0 fully saturated rings. The van der Waals surface area contributed by atoms with E-state index in [1.54, 1.807) is 18.2 Å². The van der Waals surface area contributed by atoms with Gasteiger partial charge in [-0.05, 0) is 53.8 Å². The fourth-order valence-electron chi connectivity index (χ4n) is 2.42. The summed E-state index contributed by atoms with van der Waals surface area (Å²) in [5, 5.41) is 10.2. The Morgan fingerprint density at radius 1 is 1.13 bits per heavy atom. The number of phenols is 1. The summed E-state index contributed by atoms with van der Waals surface area (Å²) >= 11 is 0. The molecule has 0 aliphatic heterocycles. The van der Waals surface area contributed by atoms with Gasteiger partial charge in [-0.1, -0.05) is 24.3 Å². The lowest BCUT2D eigenvalue weighted by Crippen LogP contribution is -2.04. The number of aromatic hydroxyl groups is 1. The highest BCUT2D eigenvalue weighted by Crippen LogP contribution is 2.33.